The normalized spacial score (nSPS) is 20.0. The molecule has 0 aromatic heterocycles. The molecular formula is C19H24NO3PS. The highest BCUT2D eigenvalue weighted by Gasteiger charge is 2.40. The van der Waals surface area contributed by atoms with Crippen LogP contribution < -0.4 is 5.32 Å². The Balaban J connectivity index is 1.92. The second-order valence-electron chi connectivity index (χ2n) is 7.26. The van der Waals surface area contributed by atoms with Crippen molar-refractivity contribution >= 4 is 24.0 Å². The van der Waals surface area contributed by atoms with E-state index in [2.05, 4.69) is 38.2 Å². The first-order valence-electron chi connectivity index (χ1n) is 8.28. The fraction of sp³-hybridized carbons (Fsp3) is 0.368. The van der Waals surface area contributed by atoms with Crippen LogP contribution >= 0.6 is 6.49 Å². The number of aryl methyl sites for hydroxylation is 1. The number of phenolic OH excluding ortho intramolecular Hbond substituents is 1. The molecule has 1 aliphatic rings. The monoisotopic (exact) mass is 377 g/mol. The fourth-order valence-electron chi connectivity index (χ4n) is 2.57. The lowest BCUT2D eigenvalue weighted by molar-refractivity contribution is 0.0579. The van der Waals surface area contributed by atoms with E-state index in [0.717, 1.165) is 11.3 Å². The minimum Gasteiger partial charge on any atom is -0.508 e. The molecule has 0 saturated carbocycles. The average molecular weight is 377 g/mol. The fourth-order valence-corrected chi connectivity index (χ4v) is 5.68. The van der Waals surface area contributed by atoms with Crippen molar-refractivity contribution in [1.82, 2.24) is 0 Å². The maximum absolute atomic E-state index is 9.60. The summed E-state index contributed by atoms with van der Waals surface area (Å²) in [6.45, 7) is 4.84. The summed E-state index contributed by atoms with van der Waals surface area (Å²) in [6, 6.07) is 15.2. The van der Waals surface area contributed by atoms with Crippen molar-refractivity contribution in [3.63, 3.8) is 0 Å². The Kier molecular flexibility index (Phi) is 5.21. The molecule has 0 amide bonds. The van der Waals surface area contributed by atoms with Gasteiger partial charge in [0.1, 0.15) is 11.5 Å². The summed E-state index contributed by atoms with van der Waals surface area (Å²) in [7, 11) is 0. The summed E-state index contributed by atoms with van der Waals surface area (Å²) in [4.78, 5) is 0. The highest BCUT2D eigenvalue weighted by Crippen LogP contribution is 2.64. The molecule has 0 radical (unpaired) electrons. The molecule has 4 nitrogen and oxygen atoms in total. The molecule has 134 valence electrons. The van der Waals surface area contributed by atoms with E-state index in [4.69, 9.17) is 20.9 Å². The van der Waals surface area contributed by atoms with Crippen LogP contribution in [0.1, 0.15) is 30.8 Å². The predicted molar refractivity (Wildman–Crippen MR) is 106 cm³/mol. The summed E-state index contributed by atoms with van der Waals surface area (Å²) >= 11 is 5.86. The van der Waals surface area contributed by atoms with Crippen LogP contribution in [0.15, 0.2) is 48.5 Å². The number of phenols is 1. The van der Waals surface area contributed by atoms with Crippen LogP contribution in [0.3, 0.4) is 0 Å². The van der Waals surface area contributed by atoms with E-state index < -0.39 is 6.49 Å². The molecule has 2 aromatic rings. The Labute approximate surface area is 154 Å². The lowest BCUT2D eigenvalue weighted by atomic mass is 9.97. The number of benzene rings is 2. The summed E-state index contributed by atoms with van der Waals surface area (Å²) in [5.41, 5.74) is 3.07. The topological polar surface area (TPSA) is 50.7 Å². The third kappa shape index (κ3) is 4.42. The van der Waals surface area contributed by atoms with Crippen molar-refractivity contribution in [2.24, 2.45) is 5.41 Å². The third-order valence-corrected chi connectivity index (χ3v) is 7.45. The van der Waals surface area contributed by atoms with Gasteiger partial charge in [-0.3, -0.25) is 0 Å². The quantitative estimate of drug-likeness (QED) is 0.718. The maximum atomic E-state index is 9.60. The van der Waals surface area contributed by atoms with Gasteiger partial charge in [0.2, 0.25) is 6.49 Å². The molecule has 0 bridgehead atoms. The lowest BCUT2D eigenvalue weighted by Crippen LogP contribution is -2.31. The van der Waals surface area contributed by atoms with Crippen molar-refractivity contribution in [3.05, 3.63) is 59.7 Å². The smallest absolute Gasteiger partial charge is 0.215 e. The van der Waals surface area contributed by atoms with Crippen molar-refractivity contribution in [2.45, 2.75) is 26.6 Å². The van der Waals surface area contributed by atoms with Crippen molar-refractivity contribution in [3.8, 4) is 5.75 Å². The zero-order chi connectivity index (χ0) is 18.1. The molecule has 3 rings (SSSR count). The van der Waals surface area contributed by atoms with Crippen LogP contribution in [-0.2, 0) is 20.9 Å². The van der Waals surface area contributed by atoms with Crippen LogP contribution in [0.5, 0.6) is 5.75 Å². The summed E-state index contributed by atoms with van der Waals surface area (Å²) < 4.78 is 12.2. The molecule has 1 aliphatic heterocycles. The zero-order valence-corrected chi connectivity index (χ0v) is 16.4. The molecule has 1 atom stereocenters. The van der Waals surface area contributed by atoms with Crippen LogP contribution in [0.4, 0.5) is 5.69 Å². The largest absolute Gasteiger partial charge is 0.508 e. The molecule has 1 unspecified atom stereocenters. The predicted octanol–water partition coefficient (Wildman–Crippen LogP) is 5.19. The van der Waals surface area contributed by atoms with Crippen molar-refractivity contribution < 1.29 is 14.2 Å². The van der Waals surface area contributed by atoms with Gasteiger partial charge in [0.05, 0.1) is 13.2 Å². The first kappa shape index (κ1) is 18.4. The number of hydrogen-bond acceptors (Lipinski definition) is 5. The zero-order valence-electron chi connectivity index (χ0n) is 14.7. The first-order chi connectivity index (χ1) is 11.8. The van der Waals surface area contributed by atoms with Crippen LogP contribution in [0, 0.1) is 12.3 Å². The van der Waals surface area contributed by atoms with Crippen molar-refractivity contribution in [1.29, 1.82) is 0 Å². The molecule has 0 spiro atoms. The summed E-state index contributed by atoms with van der Waals surface area (Å²) in [6.07, 6.45) is 0. The number of aromatic hydroxyl groups is 1. The third-order valence-electron chi connectivity index (χ3n) is 4.15. The van der Waals surface area contributed by atoms with Crippen LogP contribution in [0.2, 0.25) is 0 Å². The van der Waals surface area contributed by atoms with Gasteiger partial charge in [-0.2, -0.15) is 0 Å². The molecule has 1 heterocycles. The van der Waals surface area contributed by atoms with Gasteiger partial charge in [0.25, 0.3) is 0 Å². The number of hydrogen-bond donors (Lipinski definition) is 2. The molecule has 1 saturated heterocycles. The van der Waals surface area contributed by atoms with Gasteiger partial charge in [-0.1, -0.05) is 43.7 Å². The second kappa shape index (κ2) is 7.08. The average Bonchev–Trinajstić information content (AvgIpc) is 2.58. The van der Waals surface area contributed by atoms with Crippen molar-refractivity contribution in [2.75, 3.05) is 18.5 Å². The maximum Gasteiger partial charge on any atom is 0.215 e. The Bertz CT molecular complexity index is 760. The van der Waals surface area contributed by atoms with E-state index in [9.17, 15) is 5.11 Å². The lowest BCUT2D eigenvalue weighted by Gasteiger charge is -2.40. The van der Waals surface area contributed by atoms with E-state index in [1.54, 1.807) is 12.1 Å². The SMILES string of the molecule is Cc1ccc(NC(c2ccc(O)cc2)P2(=S)OCC(C)(C)CO2)cc1. The van der Waals surface area contributed by atoms with Gasteiger partial charge in [-0.25, -0.2) is 0 Å². The van der Waals surface area contributed by atoms with Gasteiger partial charge in [-0.15, -0.1) is 0 Å². The van der Waals surface area contributed by atoms with Gasteiger partial charge >= 0.3 is 0 Å². The molecular weight excluding hydrogens is 353 g/mol. The van der Waals surface area contributed by atoms with Gasteiger partial charge in [-0.05, 0) is 48.6 Å². The number of rotatable bonds is 4. The van der Waals surface area contributed by atoms with Gasteiger partial charge in [0.15, 0.2) is 0 Å². The molecule has 25 heavy (non-hydrogen) atoms. The highest BCUT2D eigenvalue weighted by atomic mass is 32.5. The molecule has 6 heteroatoms. The van der Waals surface area contributed by atoms with Crippen LogP contribution in [0.25, 0.3) is 0 Å². The van der Waals surface area contributed by atoms with E-state index in [-0.39, 0.29) is 16.9 Å². The molecule has 2 aromatic carbocycles. The summed E-state index contributed by atoms with van der Waals surface area (Å²) in [5, 5.41) is 13.1. The Morgan fingerprint density at radius 3 is 2.16 bits per heavy atom. The van der Waals surface area contributed by atoms with E-state index in [1.165, 1.54) is 5.56 Å². The summed E-state index contributed by atoms with van der Waals surface area (Å²) in [5.74, 6) is -0.0527. The Morgan fingerprint density at radius 1 is 1.04 bits per heavy atom. The minimum atomic E-state index is -2.58. The van der Waals surface area contributed by atoms with E-state index in [0.29, 0.717) is 13.2 Å². The Hall–Kier alpha value is -1.39. The van der Waals surface area contributed by atoms with Gasteiger partial charge in [0, 0.05) is 11.1 Å². The molecule has 1 fully saturated rings. The number of nitrogens with one attached hydrogen (secondary N) is 1. The van der Waals surface area contributed by atoms with E-state index >= 15 is 0 Å². The molecule has 2 N–H and O–H groups in total. The van der Waals surface area contributed by atoms with E-state index in [1.807, 2.05) is 24.3 Å². The standard InChI is InChI=1S/C19H24NO3PS/c1-14-4-8-16(9-5-14)20-18(15-6-10-17(21)11-7-15)24(25)22-12-19(2,3)13-23-24/h4-11,18,20-21H,12-13H2,1-3H3. The number of anilines is 1. The van der Waals surface area contributed by atoms with Crippen LogP contribution in [-0.4, -0.2) is 18.3 Å². The second-order valence-corrected chi connectivity index (χ2v) is 10.9. The minimum absolute atomic E-state index is 0.0360. The first-order valence-corrected chi connectivity index (χ1v) is 11.0. The molecule has 0 aliphatic carbocycles. The van der Waals surface area contributed by atoms with Gasteiger partial charge < -0.3 is 19.5 Å². The Morgan fingerprint density at radius 2 is 1.60 bits per heavy atom. The highest BCUT2D eigenvalue weighted by molar-refractivity contribution is 8.10.